The number of hydrogen-bond acceptors (Lipinski definition) is 2. The second-order valence-electron chi connectivity index (χ2n) is 4.61. The normalized spacial score (nSPS) is 22.9. The Balaban J connectivity index is 2.55. The molecule has 82 valence electrons. The summed E-state index contributed by atoms with van der Waals surface area (Å²) in [5.74, 6) is 0.695. The van der Waals surface area contributed by atoms with Crippen molar-refractivity contribution in [2.75, 3.05) is 25.6 Å². The largest absolute Gasteiger partial charge is 0.396 e. The number of halogens is 1. The van der Waals surface area contributed by atoms with Crippen LogP contribution < -0.4 is 0 Å². The van der Waals surface area contributed by atoms with Gasteiger partial charge in [0, 0.05) is 31.5 Å². The van der Waals surface area contributed by atoms with E-state index < -0.39 is 5.41 Å². The maximum Gasteiger partial charge on any atom is 0.229 e. The topological polar surface area (TPSA) is 40.5 Å². The number of amides is 1. The number of carbonyl (C=O) groups is 1. The summed E-state index contributed by atoms with van der Waals surface area (Å²) in [4.78, 5) is 13.7. The summed E-state index contributed by atoms with van der Waals surface area (Å²) >= 11 is 5.74. The summed E-state index contributed by atoms with van der Waals surface area (Å²) in [7, 11) is 0. The lowest BCUT2D eigenvalue weighted by atomic mass is 9.94. The molecule has 0 radical (unpaired) electrons. The first kappa shape index (κ1) is 11.8. The molecular formula is C10H18ClNO2. The molecule has 1 heterocycles. The van der Waals surface area contributed by atoms with Crippen LogP contribution in [0.4, 0.5) is 0 Å². The molecule has 0 aliphatic carbocycles. The number of aliphatic hydroxyl groups is 1. The quantitative estimate of drug-likeness (QED) is 0.722. The summed E-state index contributed by atoms with van der Waals surface area (Å²) < 4.78 is 0. The van der Waals surface area contributed by atoms with E-state index in [4.69, 9.17) is 16.7 Å². The highest BCUT2D eigenvalue weighted by Gasteiger charge is 2.34. The van der Waals surface area contributed by atoms with Gasteiger partial charge in [0.2, 0.25) is 5.91 Å². The van der Waals surface area contributed by atoms with Crippen LogP contribution in [0, 0.1) is 11.3 Å². The Morgan fingerprint density at radius 3 is 2.71 bits per heavy atom. The SMILES string of the molecule is CC(C)(CCl)C(=O)N1CCC(CO)C1. The van der Waals surface area contributed by atoms with Crippen LogP contribution in [0.3, 0.4) is 0 Å². The second kappa shape index (κ2) is 4.49. The van der Waals surface area contributed by atoms with Crippen LogP contribution in [-0.2, 0) is 4.79 Å². The molecular weight excluding hydrogens is 202 g/mol. The highest BCUT2D eigenvalue weighted by atomic mass is 35.5. The zero-order valence-electron chi connectivity index (χ0n) is 8.79. The smallest absolute Gasteiger partial charge is 0.229 e. The van der Waals surface area contributed by atoms with E-state index in [9.17, 15) is 4.79 Å². The highest BCUT2D eigenvalue weighted by Crippen LogP contribution is 2.25. The monoisotopic (exact) mass is 219 g/mol. The Labute approximate surface area is 90.0 Å². The molecule has 0 aromatic heterocycles. The third-order valence-electron chi connectivity index (χ3n) is 2.74. The fraction of sp³-hybridized carbons (Fsp3) is 0.900. The van der Waals surface area contributed by atoms with Crippen molar-refractivity contribution in [3.05, 3.63) is 0 Å². The van der Waals surface area contributed by atoms with Crippen molar-refractivity contribution in [1.29, 1.82) is 0 Å². The number of nitrogens with zero attached hydrogens (tertiary/aromatic N) is 1. The van der Waals surface area contributed by atoms with Crippen LogP contribution in [0.5, 0.6) is 0 Å². The van der Waals surface area contributed by atoms with Gasteiger partial charge < -0.3 is 10.0 Å². The molecule has 0 aromatic rings. The zero-order chi connectivity index (χ0) is 10.8. The van der Waals surface area contributed by atoms with Crippen molar-refractivity contribution < 1.29 is 9.90 Å². The molecule has 0 bridgehead atoms. The predicted octanol–water partition coefficient (Wildman–Crippen LogP) is 1.09. The molecule has 1 fully saturated rings. The number of hydrogen-bond donors (Lipinski definition) is 1. The molecule has 1 amide bonds. The molecule has 1 aliphatic heterocycles. The molecule has 4 heteroatoms. The Bertz CT molecular complexity index is 218. The number of likely N-dealkylation sites (tertiary alicyclic amines) is 1. The van der Waals surface area contributed by atoms with Gasteiger partial charge in [0.1, 0.15) is 0 Å². The summed E-state index contributed by atoms with van der Waals surface area (Å²) in [6.45, 7) is 5.31. The van der Waals surface area contributed by atoms with Crippen molar-refractivity contribution in [2.24, 2.45) is 11.3 Å². The third kappa shape index (κ3) is 2.39. The van der Waals surface area contributed by atoms with E-state index in [2.05, 4.69) is 0 Å². The van der Waals surface area contributed by atoms with Gasteiger partial charge in [0.25, 0.3) is 0 Å². The van der Waals surface area contributed by atoms with Gasteiger partial charge >= 0.3 is 0 Å². The van der Waals surface area contributed by atoms with Crippen LogP contribution in [0.15, 0.2) is 0 Å². The highest BCUT2D eigenvalue weighted by molar-refractivity contribution is 6.19. The molecule has 0 aromatic carbocycles. The predicted molar refractivity (Wildman–Crippen MR) is 56.3 cm³/mol. The van der Waals surface area contributed by atoms with E-state index in [0.29, 0.717) is 12.4 Å². The van der Waals surface area contributed by atoms with Crippen LogP contribution in [-0.4, -0.2) is 41.5 Å². The van der Waals surface area contributed by atoms with Gasteiger partial charge in [-0.2, -0.15) is 0 Å². The van der Waals surface area contributed by atoms with Gasteiger partial charge in [-0.1, -0.05) is 0 Å². The summed E-state index contributed by atoms with van der Waals surface area (Å²) in [5.41, 5.74) is -0.480. The fourth-order valence-corrected chi connectivity index (χ4v) is 1.77. The van der Waals surface area contributed by atoms with Crippen molar-refractivity contribution in [3.8, 4) is 0 Å². The van der Waals surface area contributed by atoms with Gasteiger partial charge in [-0.25, -0.2) is 0 Å². The number of carbonyl (C=O) groups excluding carboxylic acids is 1. The van der Waals surface area contributed by atoms with Gasteiger partial charge in [0.05, 0.1) is 5.41 Å². The van der Waals surface area contributed by atoms with E-state index in [0.717, 1.165) is 13.0 Å². The Kier molecular flexibility index (Phi) is 3.78. The summed E-state index contributed by atoms with van der Waals surface area (Å²) in [6.07, 6.45) is 0.903. The van der Waals surface area contributed by atoms with Gasteiger partial charge in [-0.05, 0) is 20.3 Å². The number of rotatable bonds is 3. The van der Waals surface area contributed by atoms with Crippen LogP contribution in [0.1, 0.15) is 20.3 Å². The first-order valence-corrected chi connectivity index (χ1v) is 5.51. The molecule has 0 spiro atoms. The standard InChI is InChI=1S/C10H18ClNO2/c1-10(2,7-11)9(14)12-4-3-8(5-12)6-13/h8,13H,3-7H2,1-2H3. The molecule has 1 N–H and O–H groups in total. The average molecular weight is 220 g/mol. The molecule has 14 heavy (non-hydrogen) atoms. The second-order valence-corrected chi connectivity index (χ2v) is 4.87. The fourth-order valence-electron chi connectivity index (χ4n) is 1.65. The Morgan fingerprint density at radius 1 is 1.64 bits per heavy atom. The van der Waals surface area contributed by atoms with E-state index in [1.165, 1.54) is 0 Å². The van der Waals surface area contributed by atoms with Crippen LogP contribution in [0.25, 0.3) is 0 Å². The van der Waals surface area contributed by atoms with Crippen molar-refractivity contribution >= 4 is 17.5 Å². The summed E-state index contributed by atoms with van der Waals surface area (Å²) in [6, 6.07) is 0. The van der Waals surface area contributed by atoms with Gasteiger partial charge in [-0.3, -0.25) is 4.79 Å². The van der Waals surface area contributed by atoms with Gasteiger partial charge in [0.15, 0.2) is 0 Å². The zero-order valence-corrected chi connectivity index (χ0v) is 9.55. The van der Waals surface area contributed by atoms with E-state index in [1.54, 1.807) is 0 Å². The molecule has 1 saturated heterocycles. The molecule has 1 atom stereocenters. The minimum Gasteiger partial charge on any atom is -0.396 e. The molecule has 3 nitrogen and oxygen atoms in total. The maximum absolute atomic E-state index is 11.9. The van der Waals surface area contributed by atoms with E-state index >= 15 is 0 Å². The minimum atomic E-state index is -0.480. The number of aliphatic hydroxyl groups excluding tert-OH is 1. The Hall–Kier alpha value is -0.280. The van der Waals surface area contributed by atoms with Crippen LogP contribution >= 0.6 is 11.6 Å². The number of alkyl halides is 1. The molecule has 1 rings (SSSR count). The van der Waals surface area contributed by atoms with E-state index in [1.807, 2.05) is 18.7 Å². The van der Waals surface area contributed by atoms with Crippen molar-refractivity contribution in [3.63, 3.8) is 0 Å². The first-order valence-electron chi connectivity index (χ1n) is 4.97. The van der Waals surface area contributed by atoms with Crippen molar-refractivity contribution in [1.82, 2.24) is 4.90 Å². The molecule has 1 aliphatic rings. The minimum absolute atomic E-state index is 0.100. The van der Waals surface area contributed by atoms with Crippen molar-refractivity contribution in [2.45, 2.75) is 20.3 Å². The lowest BCUT2D eigenvalue weighted by molar-refractivity contribution is -0.138. The Morgan fingerprint density at radius 2 is 2.29 bits per heavy atom. The lowest BCUT2D eigenvalue weighted by Crippen LogP contribution is -2.40. The van der Waals surface area contributed by atoms with E-state index in [-0.39, 0.29) is 18.4 Å². The van der Waals surface area contributed by atoms with Crippen LogP contribution in [0.2, 0.25) is 0 Å². The van der Waals surface area contributed by atoms with Gasteiger partial charge in [-0.15, -0.1) is 11.6 Å². The first-order chi connectivity index (χ1) is 6.51. The average Bonchev–Trinajstić information content (AvgIpc) is 2.64. The maximum atomic E-state index is 11.9. The molecule has 1 unspecified atom stereocenters. The lowest BCUT2D eigenvalue weighted by Gasteiger charge is -2.27. The summed E-state index contributed by atoms with van der Waals surface area (Å²) in [5, 5.41) is 8.96. The third-order valence-corrected chi connectivity index (χ3v) is 3.41. The molecule has 0 saturated carbocycles.